The van der Waals surface area contributed by atoms with Crippen LogP contribution in [0.4, 0.5) is 0 Å². The Bertz CT molecular complexity index is 496. The van der Waals surface area contributed by atoms with Gasteiger partial charge >= 0.3 is 0 Å². The molecule has 0 saturated carbocycles. The molecule has 3 heteroatoms. The normalized spacial score (nSPS) is 14.2. The number of hydrogen-bond acceptors (Lipinski definition) is 3. The van der Waals surface area contributed by atoms with Crippen LogP contribution in [0, 0.1) is 0 Å². The average Bonchev–Trinajstić information content (AvgIpc) is 2.46. The van der Waals surface area contributed by atoms with Crippen LogP contribution >= 0.6 is 0 Å². The van der Waals surface area contributed by atoms with Gasteiger partial charge in [0.2, 0.25) is 0 Å². The minimum absolute atomic E-state index is 0.630. The number of methoxy groups -OCH3 is 1. The summed E-state index contributed by atoms with van der Waals surface area (Å²) in [5.74, 6) is 0. The predicted molar refractivity (Wildman–Crippen MR) is 68.9 cm³/mol. The number of benzene rings is 2. The first-order valence-corrected chi connectivity index (χ1v) is 5.76. The zero-order chi connectivity index (χ0) is 13.0. The summed E-state index contributed by atoms with van der Waals surface area (Å²) in [6.45, 7) is 0. The highest BCUT2D eigenvalue weighted by atomic mass is 16.6. The summed E-state index contributed by atoms with van der Waals surface area (Å²) in [5.41, 5.74) is 2.18. The van der Waals surface area contributed by atoms with Crippen LogP contribution in [0.3, 0.4) is 0 Å². The average molecular weight is 244 g/mol. The standard InChI is InChI=1S/C15H16O3/c1-18-15(17)13-9-5-8-12(10-13)14(16)11-6-3-2-4-7-11/h2-10,14-17H,1H3. The van der Waals surface area contributed by atoms with Crippen molar-refractivity contribution in [3.05, 3.63) is 71.3 Å². The lowest BCUT2D eigenvalue weighted by Gasteiger charge is -2.14. The zero-order valence-electron chi connectivity index (χ0n) is 10.2. The molecule has 0 aliphatic heterocycles. The molecule has 0 heterocycles. The van der Waals surface area contributed by atoms with Crippen LogP contribution in [0.2, 0.25) is 0 Å². The van der Waals surface area contributed by atoms with E-state index in [0.29, 0.717) is 5.56 Å². The van der Waals surface area contributed by atoms with Crippen LogP contribution in [0.5, 0.6) is 0 Å². The van der Waals surface area contributed by atoms with Crippen molar-refractivity contribution >= 4 is 0 Å². The molecule has 0 aromatic heterocycles. The monoisotopic (exact) mass is 244 g/mol. The van der Waals surface area contributed by atoms with E-state index in [1.807, 2.05) is 36.4 Å². The van der Waals surface area contributed by atoms with Crippen molar-refractivity contribution in [3.8, 4) is 0 Å². The van der Waals surface area contributed by atoms with Crippen LogP contribution < -0.4 is 0 Å². The third-order valence-electron chi connectivity index (χ3n) is 2.85. The van der Waals surface area contributed by atoms with Crippen molar-refractivity contribution in [2.45, 2.75) is 12.4 Å². The molecule has 2 atom stereocenters. The van der Waals surface area contributed by atoms with E-state index in [1.54, 1.807) is 18.2 Å². The first-order valence-electron chi connectivity index (χ1n) is 5.76. The Kier molecular flexibility index (Phi) is 4.10. The SMILES string of the molecule is COC(O)c1cccc(C(O)c2ccccc2)c1. The molecule has 0 radical (unpaired) electrons. The summed E-state index contributed by atoms with van der Waals surface area (Å²) in [6, 6.07) is 16.5. The molecule has 0 fully saturated rings. The maximum atomic E-state index is 10.2. The van der Waals surface area contributed by atoms with Crippen molar-refractivity contribution in [2.75, 3.05) is 7.11 Å². The third-order valence-corrected chi connectivity index (χ3v) is 2.85. The van der Waals surface area contributed by atoms with Gasteiger partial charge in [0, 0.05) is 12.7 Å². The van der Waals surface area contributed by atoms with Crippen LogP contribution in [0.15, 0.2) is 54.6 Å². The van der Waals surface area contributed by atoms with E-state index in [9.17, 15) is 10.2 Å². The molecule has 0 aliphatic rings. The van der Waals surface area contributed by atoms with Gasteiger partial charge in [-0.25, -0.2) is 0 Å². The summed E-state index contributed by atoms with van der Waals surface area (Å²) in [7, 11) is 1.44. The Morgan fingerprint density at radius 1 is 0.833 bits per heavy atom. The first kappa shape index (κ1) is 12.8. The molecule has 2 N–H and O–H groups in total. The largest absolute Gasteiger partial charge is 0.384 e. The third kappa shape index (κ3) is 2.76. The minimum Gasteiger partial charge on any atom is -0.384 e. The van der Waals surface area contributed by atoms with Crippen LogP contribution in [0.25, 0.3) is 0 Å². The molecule has 2 unspecified atom stereocenters. The van der Waals surface area contributed by atoms with E-state index in [1.165, 1.54) is 7.11 Å². The lowest BCUT2D eigenvalue weighted by atomic mass is 10.00. The van der Waals surface area contributed by atoms with Gasteiger partial charge in [-0.15, -0.1) is 0 Å². The quantitative estimate of drug-likeness (QED) is 0.812. The highest BCUT2D eigenvalue weighted by Crippen LogP contribution is 2.24. The second-order valence-electron chi connectivity index (χ2n) is 4.07. The molecular formula is C15H16O3. The van der Waals surface area contributed by atoms with E-state index >= 15 is 0 Å². The van der Waals surface area contributed by atoms with Gasteiger partial charge in [-0.1, -0.05) is 48.5 Å². The Labute approximate surface area is 106 Å². The molecule has 0 bridgehead atoms. The van der Waals surface area contributed by atoms with Crippen LogP contribution in [-0.4, -0.2) is 17.3 Å². The van der Waals surface area contributed by atoms with E-state index in [2.05, 4.69) is 0 Å². The number of ether oxygens (including phenoxy) is 1. The van der Waals surface area contributed by atoms with Gasteiger partial charge in [-0.3, -0.25) is 0 Å². The van der Waals surface area contributed by atoms with Gasteiger partial charge in [0.1, 0.15) is 6.10 Å². The van der Waals surface area contributed by atoms with Gasteiger partial charge in [-0.05, 0) is 17.2 Å². The maximum absolute atomic E-state index is 10.2. The highest BCUT2D eigenvalue weighted by Gasteiger charge is 2.12. The van der Waals surface area contributed by atoms with Gasteiger partial charge in [-0.2, -0.15) is 0 Å². The lowest BCUT2D eigenvalue weighted by Crippen LogP contribution is -2.03. The summed E-state index contributed by atoms with van der Waals surface area (Å²) in [4.78, 5) is 0. The molecule has 0 amide bonds. The Morgan fingerprint density at radius 2 is 1.44 bits per heavy atom. The molecule has 0 saturated heterocycles. The molecule has 2 aromatic rings. The molecule has 0 spiro atoms. The molecule has 18 heavy (non-hydrogen) atoms. The smallest absolute Gasteiger partial charge is 0.180 e. The fourth-order valence-electron chi connectivity index (χ4n) is 1.85. The molecular weight excluding hydrogens is 228 g/mol. The van der Waals surface area contributed by atoms with Gasteiger partial charge in [0.25, 0.3) is 0 Å². The Balaban J connectivity index is 2.28. The fraction of sp³-hybridized carbons (Fsp3) is 0.200. The summed E-state index contributed by atoms with van der Waals surface area (Å²) < 4.78 is 4.85. The minimum atomic E-state index is -0.965. The molecule has 2 aromatic carbocycles. The van der Waals surface area contributed by atoms with Gasteiger partial charge < -0.3 is 14.9 Å². The summed E-state index contributed by atoms with van der Waals surface area (Å²) >= 11 is 0. The van der Waals surface area contributed by atoms with Crippen molar-refractivity contribution in [1.82, 2.24) is 0 Å². The first-order chi connectivity index (χ1) is 8.72. The topological polar surface area (TPSA) is 49.7 Å². The molecule has 0 aliphatic carbocycles. The Morgan fingerprint density at radius 3 is 2.11 bits per heavy atom. The number of aliphatic hydroxyl groups is 2. The second-order valence-corrected chi connectivity index (χ2v) is 4.07. The van der Waals surface area contributed by atoms with E-state index in [4.69, 9.17) is 4.74 Å². The van der Waals surface area contributed by atoms with Crippen molar-refractivity contribution < 1.29 is 14.9 Å². The molecule has 3 nitrogen and oxygen atoms in total. The van der Waals surface area contributed by atoms with Gasteiger partial charge in [0.05, 0.1) is 0 Å². The van der Waals surface area contributed by atoms with Crippen molar-refractivity contribution in [3.63, 3.8) is 0 Å². The number of aliphatic hydroxyl groups excluding tert-OH is 2. The summed E-state index contributed by atoms with van der Waals surface area (Å²) in [6.07, 6.45) is -1.66. The fourth-order valence-corrected chi connectivity index (χ4v) is 1.85. The second kappa shape index (κ2) is 5.78. The summed E-state index contributed by atoms with van der Waals surface area (Å²) in [5, 5.41) is 19.9. The number of hydrogen-bond donors (Lipinski definition) is 2. The van der Waals surface area contributed by atoms with E-state index < -0.39 is 12.4 Å². The maximum Gasteiger partial charge on any atom is 0.180 e. The van der Waals surface area contributed by atoms with E-state index in [-0.39, 0.29) is 0 Å². The van der Waals surface area contributed by atoms with Crippen LogP contribution in [-0.2, 0) is 4.74 Å². The van der Waals surface area contributed by atoms with Crippen molar-refractivity contribution in [1.29, 1.82) is 0 Å². The molecule has 94 valence electrons. The van der Waals surface area contributed by atoms with Crippen molar-refractivity contribution in [2.24, 2.45) is 0 Å². The predicted octanol–water partition coefficient (Wildman–Crippen LogP) is 2.41. The molecule has 2 rings (SSSR count). The number of rotatable bonds is 4. The highest BCUT2D eigenvalue weighted by molar-refractivity contribution is 5.32. The Hall–Kier alpha value is -1.68. The van der Waals surface area contributed by atoms with Gasteiger partial charge in [0.15, 0.2) is 6.29 Å². The van der Waals surface area contributed by atoms with Crippen LogP contribution in [0.1, 0.15) is 29.1 Å². The zero-order valence-corrected chi connectivity index (χ0v) is 10.2. The lowest BCUT2D eigenvalue weighted by molar-refractivity contribution is -0.0770. The van der Waals surface area contributed by atoms with E-state index in [0.717, 1.165) is 11.1 Å².